The maximum Gasteiger partial charge on any atom is 0.171 e. The summed E-state index contributed by atoms with van der Waals surface area (Å²) in [4.78, 5) is 19.1. The minimum absolute atomic E-state index is 0.126. The summed E-state index contributed by atoms with van der Waals surface area (Å²) in [7, 11) is -3.35. The Bertz CT molecular complexity index is 1360. The van der Waals surface area contributed by atoms with Crippen molar-refractivity contribution < 1.29 is 13.2 Å². The summed E-state index contributed by atoms with van der Waals surface area (Å²) >= 11 is 5.39. The van der Waals surface area contributed by atoms with Crippen LogP contribution in [0.25, 0.3) is 11.4 Å². The number of imidazole rings is 1. The highest BCUT2D eigenvalue weighted by Crippen LogP contribution is 2.48. The highest BCUT2D eigenvalue weighted by molar-refractivity contribution is 7.91. The van der Waals surface area contributed by atoms with Crippen LogP contribution < -0.4 is 15.5 Å². The molecule has 1 aliphatic heterocycles. The van der Waals surface area contributed by atoms with E-state index >= 15 is 0 Å². The van der Waals surface area contributed by atoms with E-state index in [4.69, 9.17) is 26.9 Å². The van der Waals surface area contributed by atoms with Gasteiger partial charge in [-0.1, -0.05) is 0 Å². The van der Waals surface area contributed by atoms with E-state index in [1.165, 1.54) is 6.26 Å². The molecule has 3 aromatic rings. The molecule has 37 heavy (non-hydrogen) atoms. The number of sulfone groups is 1. The molecule has 12 heteroatoms. The third-order valence-corrected chi connectivity index (χ3v) is 9.37. The lowest BCUT2D eigenvalue weighted by molar-refractivity contribution is 0.0985. The SMILES string of the molecule is C[C@H]1COCCN1c1cc(C2(S(C)(=O)=O)CCC2)nc(-c2ccc(NC(=S)NCc3ncc[nH]3)cc2)n1. The van der Waals surface area contributed by atoms with Gasteiger partial charge in [0.15, 0.2) is 20.8 Å². The molecule has 2 aliphatic rings. The number of benzene rings is 1. The lowest BCUT2D eigenvalue weighted by Gasteiger charge is -2.40. The molecule has 1 aliphatic carbocycles. The van der Waals surface area contributed by atoms with Crippen molar-refractivity contribution >= 4 is 38.7 Å². The molecule has 1 aromatic carbocycles. The van der Waals surface area contributed by atoms with Crippen molar-refractivity contribution in [2.24, 2.45) is 0 Å². The van der Waals surface area contributed by atoms with Gasteiger partial charge in [-0.2, -0.15) is 0 Å². The molecule has 3 N–H and O–H groups in total. The summed E-state index contributed by atoms with van der Waals surface area (Å²) in [5, 5.41) is 6.75. The molecule has 1 saturated carbocycles. The van der Waals surface area contributed by atoms with Crippen molar-refractivity contribution in [1.29, 1.82) is 0 Å². The normalized spacial score (nSPS) is 19.2. The number of aromatic amines is 1. The summed E-state index contributed by atoms with van der Waals surface area (Å²) in [6.07, 6.45) is 6.78. The second-order valence-electron chi connectivity index (χ2n) is 9.59. The number of ether oxygens (including phenoxy) is 1. The number of morpholine rings is 1. The van der Waals surface area contributed by atoms with Crippen LogP contribution in [-0.2, 0) is 25.9 Å². The largest absolute Gasteiger partial charge is 0.377 e. The maximum atomic E-state index is 12.9. The van der Waals surface area contributed by atoms with E-state index in [0.29, 0.717) is 55.8 Å². The highest BCUT2D eigenvalue weighted by atomic mass is 32.2. The second kappa shape index (κ2) is 10.3. The number of hydrogen-bond donors (Lipinski definition) is 3. The molecule has 3 heterocycles. The third-order valence-electron chi connectivity index (χ3n) is 7.08. The fourth-order valence-electron chi connectivity index (χ4n) is 4.76. The van der Waals surface area contributed by atoms with Crippen LogP contribution in [0.3, 0.4) is 0 Å². The molecular formula is C25H31N7O3S2. The number of H-pyrrole nitrogens is 1. The molecule has 0 radical (unpaired) electrons. The zero-order valence-corrected chi connectivity index (χ0v) is 22.5. The van der Waals surface area contributed by atoms with Crippen molar-refractivity contribution in [3.8, 4) is 11.4 Å². The number of nitrogens with zero attached hydrogens (tertiary/aromatic N) is 4. The van der Waals surface area contributed by atoms with Gasteiger partial charge in [0.2, 0.25) is 0 Å². The fourth-order valence-corrected chi connectivity index (χ4v) is 6.47. The van der Waals surface area contributed by atoms with Crippen molar-refractivity contribution in [1.82, 2.24) is 25.3 Å². The van der Waals surface area contributed by atoms with Gasteiger partial charge in [-0.3, -0.25) is 0 Å². The Morgan fingerprint density at radius 1 is 1.27 bits per heavy atom. The summed E-state index contributed by atoms with van der Waals surface area (Å²) in [5.74, 6) is 2.03. The van der Waals surface area contributed by atoms with E-state index in [2.05, 4.69) is 32.4 Å². The Hall–Kier alpha value is -3.09. The van der Waals surface area contributed by atoms with Gasteiger partial charge >= 0.3 is 0 Å². The van der Waals surface area contributed by atoms with Crippen molar-refractivity contribution in [3.63, 3.8) is 0 Å². The van der Waals surface area contributed by atoms with E-state index in [1.807, 2.05) is 30.3 Å². The fraction of sp³-hybridized carbons (Fsp3) is 0.440. The molecule has 0 spiro atoms. The first-order valence-electron chi connectivity index (χ1n) is 12.3. The third kappa shape index (κ3) is 5.32. The zero-order chi connectivity index (χ0) is 26.0. The molecule has 0 bridgehead atoms. The maximum absolute atomic E-state index is 12.9. The molecule has 1 atom stereocenters. The van der Waals surface area contributed by atoms with E-state index in [0.717, 1.165) is 29.3 Å². The van der Waals surface area contributed by atoms with Crippen LogP contribution in [0.5, 0.6) is 0 Å². The van der Waals surface area contributed by atoms with Crippen molar-refractivity contribution in [2.45, 2.75) is 43.5 Å². The van der Waals surface area contributed by atoms with E-state index in [9.17, 15) is 8.42 Å². The first kappa shape index (κ1) is 25.6. The molecule has 0 unspecified atom stereocenters. The van der Waals surface area contributed by atoms with Gasteiger partial charge in [0.25, 0.3) is 0 Å². The Morgan fingerprint density at radius 3 is 2.68 bits per heavy atom. The van der Waals surface area contributed by atoms with Crippen molar-refractivity contribution in [2.75, 3.05) is 36.2 Å². The summed E-state index contributed by atoms with van der Waals surface area (Å²) in [6, 6.07) is 9.62. The van der Waals surface area contributed by atoms with Crippen LogP contribution in [0, 0.1) is 0 Å². The average molecular weight is 542 g/mol. The zero-order valence-electron chi connectivity index (χ0n) is 20.9. The van der Waals surface area contributed by atoms with E-state index in [1.54, 1.807) is 12.4 Å². The topological polar surface area (TPSA) is 125 Å². The number of hydrogen-bond acceptors (Lipinski definition) is 8. The van der Waals surface area contributed by atoms with Crippen LogP contribution in [0.2, 0.25) is 0 Å². The smallest absolute Gasteiger partial charge is 0.171 e. The summed E-state index contributed by atoms with van der Waals surface area (Å²) in [5.41, 5.74) is 2.18. The lowest BCUT2D eigenvalue weighted by atomic mass is 9.81. The highest BCUT2D eigenvalue weighted by Gasteiger charge is 2.49. The number of aromatic nitrogens is 4. The summed E-state index contributed by atoms with van der Waals surface area (Å²) < 4.78 is 30.4. The molecule has 5 rings (SSSR count). The van der Waals surface area contributed by atoms with Crippen LogP contribution in [0.15, 0.2) is 42.7 Å². The monoisotopic (exact) mass is 541 g/mol. The second-order valence-corrected chi connectivity index (χ2v) is 12.3. The van der Waals surface area contributed by atoms with Gasteiger partial charge in [0.1, 0.15) is 16.4 Å². The first-order chi connectivity index (χ1) is 17.7. The lowest BCUT2D eigenvalue weighted by Crippen LogP contribution is -2.45. The van der Waals surface area contributed by atoms with E-state index < -0.39 is 14.6 Å². The number of nitrogens with one attached hydrogen (secondary N) is 3. The number of rotatable bonds is 7. The van der Waals surface area contributed by atoms with Crippen LogP contribution in [0.1, 0.15) is 37.7 Å². The van der Waals surface area contributed by atoms with Crippen LogP contribution in [0.4, 0.5) is 11.5 Å². The van der Waals surface area contributed by atoms with Gasteiger partial charge in [0, 0.05) is 42.5 Å². The van der Waals surface area contributed by atoms with Crippen molar-refractivity contribution in [3.05, 3.63) is 54.2 Å². The predicted octanol–water partition coefficient (Wildman–Crippen LogP) is 3.00. The molecular weight excluding hydrogens is 510 g/mol. The first-order valence-corrected chi connectivity index (χ1v) is 14.6. The standard InChI is InChI=1S/C25H31N7O3S2/c1-17-16-35-13-12-32(17)22-14-20(25(8-3-9-25)37(2,33)34)30-23(31-22)18-4-6-19(7-5-18)29-24(36)28-15-21-26-10-11-27-21/h4-7,10-11,14,17H,3,8-9,12-13,15-16H2,1-2H3,(H,26,27)(H2,28,29,36)/t17-/m0/s1. The Kier molecular flexibility index (Phi) is 7.15. The predicted molar refractivity (Wildman–Crippen MR) is 147 cm³/mol. The molecule has 196 valence electrons. The number of anilines is 2. The Morgan fingerprint density at radius 2 is 2.05 bits per heavy atom. The summed E-state index contributed by atoms with van der Waals surface area (Å²) in [6.45, 7) is 4.46. The van der Waals surface area contributed by atoms with Crippen LogP contribution >= 0.6 is 12.2 Å². The van der Waals surface area contributed by atoms with Gasteiger partial charge in [-0.05, 0) is 62.7 Å². The molecule has 0 amide bonds. The molecule has 10 nitrogen and oxygen atoms in total. The molecule has 2 aromatic heterocycles. The molecule has 2 fully saturated rings. The average Bonchev–Trinajstić information content (AvgIpc) is 3.35. The van der Waals surface area contributed by atoms with Gasteiger partial charge in [-0.25, -0.2) is 23.4 Å². The van der Waals surface area contributed by atoms with Crippen LogP contribution in [-0.4, -0.2) is 65.5 Å². The minimum atomic E-state index is -3.35. The quantitative estimate of drug-likeness (QED) is 0.384. The van der Waals surface area contributed by atoms with Gasteiger partial charge in [-0.15, -0.1) is 0 Å². The Labute approximate surface area is 222 Å². The number of thiocarbonyl (C=S) groups is 1. The van der Waals surface area contributed by atoms with Gasteiger partial charge < -0.3 is 25.3 Å². The minimum Gasteiger partial charge on any atom is -0.377 e. The molecule has 1 saturated heterocycles. The Balaban J connectivity index is 1.42. The van der Waals surface area contributed by atoms with Gasteiger partial charge in [0.05, 0.1) is 31.5 Å². The van der Waals surface area contributed by atoms with E-state index in [-0.39, 0.29) is 6.04 Å².